The zero-order valence-electron chi connectivity index (χ0n) is 12.9. The first kappa shape index (κ1) is 20.5. The highest BCUT2D eigenvalue weighted by Crippen LogP contribution is 2.62. The van der Waals surface area contributed by atoms with Crippen molar-refractivity contribution in [3.63, 3.8) is 0 Å². The van der Waals surface area contributed by atoms with Crippen molar-refractivity contribution in [3.05, 3.63) is 30.3 Å². The fourth-order valence-corrected chi connectivity index (χ4v) is 7.16. The lowest BCUT2D eigenvalue weighted by Gasteiger charge is -2.39. The van der Waals surface area contributed by atoms with E-state index < -0.39 is 27.2 Å². The number of halogens is 3. The van der Waals surface area contributed by atoms with Gasteiger partial charge in [0, 0.05) is 5.41 Å². The third kappa shape index (κ3) is 4.86. The molecule has 0 spiro atoms. The average Bonchev–Trinajstić information content (AvgIpc) is 2.48. The molecule has 24 heavy (non-hydrogen) atoms. The van der Waals surface area contributed by atoms with Gasteiger partial charge in [-0.2, -0.15) is 4.72 Å². The molecule has 6 nitrogen and oxygen atoms in total. The van der Waals surface area contributed by atoms with Crippen molar-refractivity contribution < 1.29 is 22.0 Å². The Balaban J connectivity index is 2.33. The molecule has 136 valence electrons. The SMILES string of the molecule is CC1(C)COP(=O)([C@H](NS(=O)(=O)c2ccccc2)C(Cl)(Cl)Cl)OC1. The van der Waals surface area contributed by atoms with Crippen molar-refractivity contribution in [2.75, 3.05) is 13.2 Å². The van der Waals surface area contributed by atoms with Gasteiger partial charge < -0.3 is 9.05 Å². The molecule has 0 aromatic heterocycles. The summed E-state index contributed by atoms with van der Waals surface area (Å²) in [6.07, 6.45) is 0. The molecular weight excluding hydrogens is 420 g/mol. The van der Waals surface area contributed by atoms with Gasteiger partial charge in [-0.3, -0.25) is 4.57 Å². The molecule has 2 rings (SSSR count). The minimum absolute atomic E-state index is 0.0619. The van der Waals surface area contributed by atoms with Gasteiger partial charge in [0.25, 0.3) is 0 Å². The van der Waals surface area contributed by atoms with Crippen molar-refractivity contribution in [2.24, 2.45) is 5.41 Å². The zero-order valence-corrected chi connectivity index (χ0v) is 16.9. The monoisotopic (exact) mass is 435 g/mol. The van der Waals surface area contributed by atoms with Gasteiger partial charge in [-0.1, -0.05) is 66.8 Å². The Morgan fingerprint density at radius 3 is 2.12 bits per heavy atom. The number of benzene rings is 1. The maximum absolute atomic E-state index is 13.0. The zero-order chi connectivity index (χ0) is 18.2. The van der Waals surface area contributed by atoms with Crippen LogP contribution in [0.4, 0.5) is 0 Å². The number of hydrogen-bond acceptors (Lipinski definition) is 5. The first-order chi connectivity index (χ1) is 10.9. The van der Waals surface area contributed by atoms with Crippen LogP contribution in [0.5, 0.6) is 0 Å². The molecule has 11 heteroatoms. The van der Waals surface area contributed by atoms with Crippen LogP contribution in [0.25, 0.3) is 0 Å². The van der Waals surface area contributed by atoms with Crippen LogP contribution in [0.1, 0.15) is 13.8 Å². The summed E-state index contributed by atoms with van der Waals surface area (Å²) in [7, 11) is -8.12. The third-order valence-electron chi connectivity index (χ3n) is 3.22. The Labute approximate surface area is 156 Å². The van der Waals surface area contributed by atoms with Gasteiger partial charge in [-0.05, 0) is 12.1 Å². The van der Waals surface area contributed by atoms with Crippen LogP contribution in [0.15, 0.2) is 35.2 Å². The van der Waals surface area contributed by atoms with E-state index in [9.17, 15) is 13.0 Å². The molecule has 1 aromatic rings. The average molecular weight is 437 g/mol. The van der Waals surface area contributed by atoms with Gasteiger partial charge >= 0.3 is 7.60 Å². The van der Waals surface area contributed by atoms with Crippen molar-refractivity contribution >= 4 is 52.4 Å². The van der Waals surface area contributed by atoms with Crippen LogP contribution in [0, 0.1) is 5.41 Å². The van der Waals surface area contributed by atoms with Crippen molar-refractivity contribution in [1.82, 2.24) is 4.72 Å². The number of nitrogens with one attached hydrogen (secondary N) is 1. The van der Waals surface area contributed by atoms with Crippen molar-refractivity contribution in [2.45, 2.75) is 28.3 Å². The summed E-state index contributed by atoms with van der Waals surface area (Å²) >= 11 is 17.6. The highest BCUT2D eigenvalue weighted by molar-refractivity contribution is 7.89. The quantitative estimate of drug-likeness (QED) is 0.571. The summed E-state index contributed by atoms with van der Waals surface area (Å²) in [5.41, 5.74) is -0.385. The lowest BCUT2D eigenvalue weighted by molar-refractivity contribution is 0.0376. The van der Waals surface area contributed by atoms with Gasteiger partial charge in [0.05, 0.1) is 18.1 Å². The molecule has 1 atom stereocenters. The Bertz CT molecular complexity index is 722. The van der Waals surface area contributed by atoms with Gasteiger partial charge in [0.2, 0.25) is 13.8 Å². The molecule has 1 aromatic carbocycles. The largest absolute Gasteiger partial charge is 0.352 e. The number of alkyl halides is 3. The Morgan fingerprint density at radius 1 is 1.17 bits per heavy atom. The molecule has 0 bridgehead atoms. The van der Waals surface area contributed by atoms with Crippen LogP contribution in [0.3, 0.4) is 0 Å². The van der Waals surface area contributed by atoms with Crippen molar-refractivity contribution in [1.29, 1.82) is 0 Å². The molecule has 1 fully saturated rings. The molecule has 0 saturated carbocycles. The van der Waals surface area contributed by atoms with E-state index in [2.05, 4.69) is 4.72 Å². The van der Waals surface area contributed by atoms with Crippen LogP contribution in [-0.4, -0.2) is 31.2 Å². The number of rotatable bonds is 4. The van der Waals surface area contributed by atoms with E-state index in [-0.39, 0.29) is 23.5 Å². The van der Waals surface area contributed by atoms with E-state index in [0.29, 0.717) is 0 Å². The Hall–Kier alpha value is 0.150. The predicted octanol–water partition coefficient (Wildman–Crippen LogP) is 3.93. The van der Waals surface area contributed by atoms with E-state index in [1.54, 1.807) is 6.07 Å². The van der Waals surface area contributed by atoms with Crippen LogP contribution in [0.2, 0.25) is 0 Å². The standard InChI is InChI=1S/C13H17Cl3NO5PS/c1-12(2)8-21-23(18,22-9-12)11(13(14,15)16)17-24(19,20)10-6-4-3-5-7-10/h3-7,11,17H,8-9H2,1-2H3/t11-/m0/s1. The van der Waals surface area contributed by atoms with Gasteiger partial charge in [0.15, 0.2) is 5.78 Å². The topological polar surface area (TPSA) is 81.7 Å². The summed E-state index contributed by atoms with van der Waals surface area (Å²) in [6, 6.07) is 7.45. The summed E-state index contributed by atoms with van der Waals surface area (Å²) in [5, 5.41) is 0. The first-order valence-electron chi connectivity index (χ1n) is 6.89. The Morgan fingerprint density at radius 2 is 1.67 bits per heavy atom. The summed E-state index contributed by atoms with van der Waals surface area (Å²) in [5.74, 6) is -1.68. The number of sulfonamides is 1. The lowest BCUT2D eigenvalue weighted by Crippen LogP contribution is -2.46. The fourth-order valence-electron chi connectivity index (χ4n) is 1.88. The minimum atomic E-state index is -4.09. The molecule has 0 radical (unpaired) electrons. The molecule has 0 aliphatic carbocycles. The minimum Gasteiger partial charge on any atom is -0.307 e. The number of hydrogen-bond donors (Lipinski definition) is 1. The predicted molar refractivity (Wildman–Crippen MR) is 94.1 cm³/mol. The smallest absolute Gasteiger partial charge is 0.307 e. The highest BCUT2D eigenvalue weighted by Gasteiger charge is 2.53. The van der Waals surface area contributed by atoms with E-state index in [0.717, 1.165) is 0 Å². The summed E-state index contributed by atoms with van der Waals surface area (Å²) in [6.45, 7) is 3.84. The molecule has 1 N–H and O–H groups in total. The maximum Gasteiger partial charge on any atom is 0.352 e. The van der Waals surface area contributed by atoms with Crippen molar-refractivity contribution in [3.8, 4) is 0 Å². The van der Waals surface area contributed by atoms with E-state index in [1.165, 1.54) is 24.3 Å². The highest BCUT2D eigenvalue weighted by atomic mass is 35.6. The molecule has 1 aliphatic rings. The first-order valence-corrected chi connectivity index (χ1v) is 11.1. The molecule has 1 aliphatic heterocycles. The van der Waals surface area contributed by atoms with Crippen LogP contribution >= 0.6 is 42.4 Å². The van der Waals surface area contributed by atoms with E-state index in [1.807, 2.05) is 13.8 Å². The second-order valence-electron chi connectivity index (χ2n) is 6.13. The maximum atomic E-state index is 13.0. The summed E-state index contributed by atoms with van der Waals surface area (Å²) < 4.78 is 48.4. The van der Waals surface area contributed by atoms with Gasteiger partial charge in [-0.15, -0.1) is 0 Å². The lowest BCUT2D eigenvalue weighted by atomic mass is 9.97. The second kappa shape index (κ2) is 7.05. The molecular formula is C13H17Cl3NO5PS. The summed E-state index contributed by atoms with van der Waals surface area (Å²) in [4.78, 5) is -0.0619. The Kier molecular flexibility index (Phi) is 6.01. The van der Waals surface area contributed by atoms with Crippen LogP contribution < -0.4 is 4.72 Å². The third-order valence-corrected chi connectivity index (χ3v) is 8.07. The van der Waals surface area contributed by atoms with Crippen LogP contribution in [-0.2, 0) is 23.6 Å². The van der Waals surface area contributed by atoms with Gasteiger partial charge in [0.1, 0.15) is 0 Å². The molecule has 0 unspecified atom stereocenters. The van der Waals surface area contributed by atoms with Gasteiger partial charge in [-0.25, -0.2) is 8.42 Å². The normalized spacial score (nSPS) is 22.0. The molecule has 1 heterocycles. The van der Waals surface area contributed by atoms with E-state index in [4.69, 9.17) is 43.9 Å². The van der Waals surface area contributed by atoms with E-state index >= 15 is 0 Å². The molecule has 1 saturated heterocycles. The fraction of sp³-hybridized carbons (Fsp3) is 0.538. The molecule has 0 amide bonds. The second-order valence-corrected chi connectivity index (χ2v) is 12.3.